The van der Waals surface area contributed by atoms with Gasteiger partial charge < -0.3 is 5.73 Å². The van der Waals surface area contributed by atoms with E-state index in [1.54, 1.807) is 6.92 Å². The Morgan fingerprint density at radius 3 is 2.43 bits per heavy atom. The highest BCUT2D eigenvalue weighted by molar-refractivity contribution is 7.80. The number of hydrogen-bond donors (Lipinski definition) is 2. The molecule has 0 spiro atoms. The van der Waals surface area contributed by atoms with E-state index in [4.69, 9.17) is 5.73 Å². The number of nitrogens with two attached hydrogens (primary N) is 1. The van der Waals surface area contributed by atoms with Gasteiger partial charge in [0.05, 0.1) is 0 Å². The average Bonchev–Trinajstić information content (AvgIpc) is 1.65. The molecule has 2 nitrogen and oxygen atoms in total. The molecular formula is C4H9NOS. The van der Waals surface area contributed by atoms with E-state index in [9.17, 15) is 4.79 Å². The Bertz CT molecular complexity index is 74.1. The zero-order valence-electron chi connectivity index (χ0n) is 4.22. The van der Waals surface area contributed by atoms with Crippen molar-refractivity contribution in [1.29, 1.82) is 0 Å². The third-order valence-electron chi connectivity index (χ3n) is 0.760. The highest BCUT2D eigenvalue weighted by Crippen LogP contribution is 1.93. The van der Waals surface area contributed by atoms with Gasteiger partial charge in [0.1, 0.15) is 0 Å². The molecule has 1 amide bonds. The highest BCUT2D eigenvalue weighted by atomic mass is 32.1. The lowest BCUT2D eigenvalue weighted by Crippen LogP contribution is -2.21. The summed E-state index contributed by atoms with van der Waals surface area (Å²) in [5, 5.41) is 0. The summed E-state index contributed by atoms with van der Waals surface area (Å²) in [4.78, 5) is 10.1. The normalized spacial score (nSPS) is 13.4. The van der Waals surface area contributed by atoms with Gasteiger partial charge in [-0.3, -0.25) is 4.79 Å². The van der Waals surface area contributed by atoms with Crippen molar-refractivity contribution in [2.45, 2.75) is 6.92 Å². The van der Waals surface area contributed by atoms with Crippen molar-refractivity contribution in [3.8, 4) is 0 Å². The maximum atomic E-state index is 10.1. The van der Waals surface area contributed by atoms with Gasteiger partial charge in [-0.2, -0.15) is 12.6 Å². The Balaban J connectivity index is 3.34. The van der Waals surface area contributed by atoms with E-state index >= 15 is 0 Å². The fraction of sp³-hybridized carbons (Fsp3) is 0.750. The number of primary amides is 1. The van der Waals surface area contributed by atoms with E-state index in [1.807, 2.05) is 0 Å². The van der Waals surface area contributed by atoms with E-state index in [-0.39, 0.29) is 11.8 Å². The van der Waals surface area contributed by atoms with Crippen LogP contribution < -0.4 is 5.73 Å². The maximum absolute atomic E-state index is 10.1. The summed E-state index contributed by atoms with van der Waals surface area (Å²) in [7, 11) is 0. The van der Waals surface area contributed by atoms with Crippen LogP contribution in [-0.2, 0) is 4.79 Å². The maximum Gasteiger partial charge on any atom is 0.221 e. The molecule has 3 heteroatoms. The van der Waals surface area contributed by atoms with E-state index in [1.165, 1.54) is 0 Å². The average molecular weight is 119 g/mol. The van der Waals surface area contributed by atoms with Gasteiger partial charge >= 0.3 is 0 Å². The van der Waals surface area contributed by atoms with Crippen LogP contribution in [0.2, 0.25) is 0 Å². The van der Waals surface area contributed by atoms with Crippen LogP contribution in [0.4, 0.5) is 0 Å². The SMILES string of the molecule is C[C@H](CS)C(N)=O. The fourth-order valence-corrected chi connectivity index (χ4v) is 0.270. The van der Waals surface area contributed by atoms with Crippen molar-refractivity contribution in [2.75, 3.05) is 5.75 Å². The molecule has 2 N–H and O–H groups in total. The molecule has 0 saturated carbocycles. The van der Waals surface area contributed by atoms with Gasteiger partial charge in [-0.15, -0.1) is 0 Å². The summed E-state index contributed by atoms with van der Waals surface area (Å²) in [5.41, 5.74) is 4.86. The summed E-state index contributed by atoms with van der Waals surface area (Å²) >= 11 is 3.85. The van der Waals surface area contributed by atoms with Gasteiger partial charge in [0, 0.05) is 11.7 Å². The molecule has 0 fully saturated rings. The summed E-state index contributed by atoms with van der Waals surface area (Å²) in [6.45, 7) is 1.75. The standard InChI is InChI=1S/C4H9NOS/c1-3(2-7)4(5)6/h3,7H,2H2,1H3,(H2,5,6)/t3-/m1/s1. The molecule has 0 unspecified atom stereocenters. The predicted octanol–water partition coefficient (Wildman–Crippen LogP) is 0.0376. The smallest absolute Gasteiger partial charge is 0.221 e. The Labute approximate surface area is 48.5 Å². The topological polar surface area (TPSA) is 43.1 Å². The number of amides is 1. The molecule has 42 valence electrons. The zero-order valence-corrected chi connectivity index (χ0v) is 5.11. The predicted molar refractivity (Wildman–Crippen MR) is 32.2 cm³/mol. The largest absolute Gasteiger partial charge is 0.369 e. The van der Waals surface area contributed by atoms with Crippen LogP contribution in [0, 0.1) is 5.92 Å². The minimum absolute atomic E-state index is 0.0941. The van der Waals surface area contributed by atoms with Crippen molar-refractivity contribution in [1.82, 2.24) is 0 Å². The van der Waals surface area contributed by atoms with Gasteiger partial charge in [-0.1, -0.05) is 6.92 Å². The number of carbonyl (C=O) groups excluding carboxylic acids is 1. The monoisotopic (exact) mass is 119 g/mol. The van der Waals surface area contributed by atoms with Gasteiger partial charge in [-0.05, 0) is 0 Å². The third-order valence-corrected chi connectivity index (χ3v) is 1.31. The van der Waals surface area contributed by atoms with Crippen molar-refractivity contribution < 1.29 is 4.79 Å². The lowest BCUT2D eigenvalue weighted by atomic mass is 10.2. The lowest BCUT2D eigenvalue weighted by Gasteiger charge is -1.97. The number of rotatable bonds is 2. The van der Waals surface area contributed by atoms with E-state index in [2.05, 4.69) is 12.6 Å². The van der Waals surface area contributed by atoms with Crippen LogP contribution in [0.25, 0.3) is 0 Å². The van der Waals surface area contributed by atoms with Crippen LogP contribution in [0.1, 0.15) is 6.92 Å². The Morgan fingerprint density at radius 1 is 2.00 bits per heavy atom. The van der Waals surface area contributed by atoms with Crippen LogP contribution in [0.15, 0.2) is 0 Å². The van der Waals surface area contributed by atoms with Gasteiger partial charge in [0.25, 0.3) is 0 Å². The van der Waals surface area contributed by atoms with Crippen molar-refractivity contribution in [3.05, 3.63) is 0 Å². The van der Waals surface area contributed by atoms with Crippen LogP contribution >= 0.6 is 12.6 Å². The van der Waals surface area contributed by atoms with Crippen molar-refractivity contribution >= 4 is 18.5 Å². The van der Waals surface area contributed by atoms with Gasteiger partial charge in [0.15, 0.2) is 0 Å². The molecule has 0 aliphatic heterocycles. The van der Waals surface area contributed by atoms with Crippen molar-refractivity contribution in [3.63, 3.8) is 0 Å². The first-order valence-corrected chi connectivity index (χ1v) is 2.72. The Morgan fingerprint density at radius 2 is 2.43 bits per heavy atom. The molecule has 0 aliphatic rings. The minimum Gasteiger partial charge on any atom is -0.369 e. The van der Waals surface area contributed by atoms with Crippen LogP contribution in [-0.4, -0.2) is 11.7 Å². The second-order valence-electron chi connectivity index (χ2n) is 1.49. The van der Waals surface area contributed by atoms with Crippen molar-refractivity contribution in [2.24, 2.45) is 11.7 Å². The second-order valence-corrected chi connectivity index (χ2v) is 1.85. The van der Waals surface area contributed by atoms with Crippen LogP contribution in [0.3, 0.4) is 0 Å². The summed E-state index contributed by atoms with van der Waals surface area (Å²) in [6, 6.07) is 0. The molecule has 0 aromatic carbocycles. The first-order valence-electron chi connectivity index (χ1n) is 2.08. The molecule has 0 radical (unpaired) electrons. The van der Waals surface area contributed by atoms with Gasteiger partial charge in [0.2, 0.25) is 5.91 Å². The van der Waals surface area contributed by atoms with E-state index in [0.717, 1.165) is 0 Å². The molecule has 0 aliphatic carbocycles. The lowest BCUT2D eigenvalue weighted by molar-refractivity contribution is -0.120. The van der Waals surface area contributed by atoms with Crippen LogP contribution in [0.5, 0.6) is 0 Å². The zero-order chi connectivity index (χ0) is 5.86. The third kappa shape index (κ3) is 2.51. The Hall–Kier alpha value is -0.180. The molecule has 0 bridgehead atoms. The number of carbonyl (C=O) groups is 1. The molecule has 0 aromatic heterocycles. The minimum atomic E-state index is -0.282. The van der Waals surface area contributed by atoms with E-state index in [0.29, 0.717) is 5.75 Å². The molecule has 1 atom stereocenters. The first kappa shape index (κ1) is 6.82. The number of thiol groups is 1. The Kier molecular flexibility index (Phi) is 2.83. The molecule has 0 rings (SSSR count). The molecular weight excluding hydrogens is 110 g/mol. The highest BCUT2D eigenvalue weighted by Gasteiger charge is 2.02. The molecule has 7 heavy (non-hydrogen) atoms. The number of hydrogen-bond acceptors (Lipinski definition) is 2. The second kappa shape index (κ2) is 2.91. The first-order chi connectivity index (χ1) is 3.18. The quantitative estimate of drug-likeness (QED) is 0.495. The van der Waals surface area contributed by atoms with E-state index < -0.39 is 0 Å². The summed E-state index contributed by atoms with van der Waals surface area (Å²) < 4.78 is 0. The fourth-order valence-electron chi connectivity index (χ4n) is 0.0900. The van der Waals surface area contributed by atoms with Gasteiger partial charge in [-0.25, -0.2) is 0 Å². The summed E-state index contributed by atoms with van der Waals surface area (Å²) in [6.07, 6.45) is 0. The molecule has 0 heterocycles. The molecule has 0 saturated heterocycles. The molecule has 0 aromatic rings. The summed E-state index contributed by atoms with van der Waals surface area (Å²) in [5.74, 6) is 0.160.